The molecule has 0 aliphatic heterocycles. The van der Waals surface area contributed by atoms with Gasteiger partial charge < -0.3 is 0 Å². The van der Waals surface area contributed by atoms with Crippen molar-refractivity contribution in [2.45, 2.75) is 11.3 Å². The van der Waals surface area contributed by atoms with Gasteiger partial charge in [-0.2, -0.15) is 0 Å². The average molecular weight is 513 g/mol. The number of nitrogens with zero attached hydrogens (tertiary/aromatic N) is 2. The second-order valence-electron chi connectivity index (χ2n) is 10.5. The van der Waals surface area contributed by atoms with E-state index in [1.807, 2.05) is 30.5 Å². The molecule has 0 amide bonds. The molecule has 0 spiro atoms. The van der Waals surface area contributed by atoms with E-state index in [0.717, 1.165) is 60.5 Å². The van der Waals surface area contributed by atoms with Crippen molar-refractivity contribution in [3.63, 3.8) is 0 Å². The summed E-state index contributed by atoms with van der Waals surface area (Å²) >= 11 is 0. The van der Waals surface area contributed by atoms with Crippen molar-refractivity contribution in [3.05, 3.63) is 156 Å². The summed E-state index contributed by atoms with van der Waals surface area (Å²) in [6.45, 7) is 0. The largest absolute Gasteiger partial charge is 0.298 e. The van der Waals surface area contributed by atoms with Gasteiger partial charge in [0.05, 0.1) is 34.3 Å². The van der Waals surface area contributed by atoms with Gasteiger partial charge in [-0.05, 0) is 50.4 Å². The Kier molecular flexibility index (Phi) is 4.95. The topological polar surface area (TPSA) is 42.9 Å². The average Bonchev–Trinajstić information content (AvgIpc) is 3.65. The highest BCUT2D eigenvalue weighted by Crippen LogP contribution is 2.63. The second-order valence-corrected chi connectivity index (χ2v) is 10.5. The SMILES string of the molecule is O=C1C(c2ccc(-c3cnc4ccccc4n3)cc2)C1(c1cccc2ccccc12)c1cccc2ccccc12. The summed E-state index contributed by atoms with van der Waals surface area (Å²) in [5.41, 5.74) is 5.95. The van der Waals surface area contributed by atoms with Crippen molar-refractivity contribution in [2.24, 2.45) is 0 Å². The second kappa shape index (κ2) is 8.69. The number of rotatable bonds is 4. The lowest BCUT2D eigenvalue weighted by molar-refractivity contribution is -0.111. The molecule has 1 aliphatic rings. The molecule has 0 saturated heterocycles. The van der Waals surface area contributed by atoms with Gasteiger partial charge in [0, 0.05) is 5.56 Å². The van der Waals surface area contributed by atoms with Gasteiger partial charge in [0.2, 0.25) is 0 Å². The van der Waals surface area contributed by atoms with Gasteiger partial charge in [0.15, 0.2) is 5.78 Å². The van der Waals surface area contributed by atoms with Crippen LogP contribution in [0.5, 0.6) is 0 Å². The Morgan fingerprint density at radius 1 is 0.550 bits per heavy atom. The molecule has 40 heavy (non-hydrogen) atoms. The molecule has 1 aliphatic carbocycles. The maximum Gasteiger partial charge on any atom is 0.158 e. The molecule has 1 unspecified atom stereocenters. The first kappa shape index (κ1) is 22.8. The van der Waals surface area contributed by atoms with Gasteiger partial charge >= 0.3 is 0 Å². The molecule has 6 aromatic carbocycles. The first-order valence-corrected chi connectivity index (χ1v) is 13.6. The van der Waals surface area contributed by atoms with E-state index in [-0.39, 0.29) is 11.7 Å². The summed E-state index contributed by atoms with van der Waals surface area (Å²) < 4.78 is 0. The van der Waals surface area contributed by atoms with Crippen LogP contribution in [0.3, 0.4) is 0 Å². The number of fused-ring (bicyclic) bond motifs is 3. The Hall–Kier alpha value is -5.15. The number of para-hydroxylation sites is 2. The number of carbonyl (C=O) groups is 1. The number of ketones is 1. The van der Waals surface area contributed by atoms with Crippen LogP contribution >= 0.6 is 0 Å². The molecule has 1 atom stereocenters. The highest BCUT2D eigenvalue weighted by molar-refractivity contribution is 6.21. The van der Waals surface area contributed by atoms with E-state index in [1.165, 1.54) is 0 Å². The fourth-order valence-corrected chi connectivity index (χ4v) is 6.51. The Balaban J connectivity index is 1.30. The number of carbonyl (C=O) groups excluding carboxylic acids is 1. The molecule has 8 rings (SSSR count). The first-order valence-electron chi connectivity index (χ1n) is 13.6. The summed E-state index contributed by atoms with van der Waals surface area (Å²) in [5.74, 6) is -0.0423. The molecule has 1 saturated carbocycles. The zero-order valence-corrected chi connectivity index (χ0v) is 21.7. The van der Waals surface area contributed by atoms with E-state index in [0.29, 0.717) is 0 Å². The van der Waals surface area contributed by atoms with Crippen LogP contribution in [0.15, 0.2) is 140 Å². The van der Waals surface area contributed by atoms with Crippen LogP contribution in [0, 0.1) is 0 Å². The zero-order valence-electron chi connectivity index (χ0n) is 21.7. The minimum atomic E-state index is -0.758. The van der Waals surface area contributed by atoms with Crippen LogP contribution in [0.4, 0.5) is 0 Å². The minimum absolute atomic E-state index is 0.235. The molecule has 7 aromatic rings. The van der Waals surface area contributed by atoms with Crippen molar-refractivity contribution in [1.82, 2.24) is 9.97 Å². The molecule has 0 bridgehead atoms. The number of hydrogen-bond donors (Lipinski definition) is 0. The van der Waals surface area contributed by atoms with E-state index < -0.39 is 5.41 Å². The standard InChI is InChI=1S/C37H24N2O/c40-36-35(27-21-19-26(20-22-27)34-23-38-32-17-5-6-18-33(32)39-34)37(36,30-15-7-11-24-9-1-3-13-28(24)30)31-16-8-12-25-10-2-4-14-29(25)31/h1-23,35H. The summed E-state index contributed by atoms with van der Waals surface area (Å²) in [6.07, 6.45) is 1.82. The first-order chi connectivity index (χ1) is 19.7. The normalized spacial score (nSPS) is 16.0. The van der Waals surface area contributed by atoms with Crippen LogP contribution in [-0.2, 0) is 10.2 Å². The maximum atomic E-state index is 14.3. The summed E-state index contributed by atoms with van der Waals surface area (Å²) in [7, 11) is 0. The van der Waals surface area contributed by atoms with E-state index in [4.69, 9.17) is 4.98 Å². The van der Waals surface area contributed by atoms with Gasteiger partial charge in [-0.25, -0.2) is 4.98 Å². The third kappa shape index (κ3) is 3.28. The molecular weight excluding hydrogens is 488 g/mol. The zero-order chi connectivity index (χ0) is 26.7. The smallest absolute Gasteiger partial charge is 0.158 e. The van der Waals surface area contributed by atoms with Crippen molar-refractivity contribution in [1.29, 1.82) is 0 Å². The molecule has 0 N–H and O–H groups in total. The fraction of sp³-hybridized carbons (Fsp3) is 0.0541. The molecular formula is C37H24N2O. The van der Waals surface area contributed by atoms with Gasteiger partial charge in [-0.1, -0.05) is 121 Å². The Morgan fingerprint density at radius 3 is 1.75 bits per heavy atom. The van der Waals surface area contributed by atoms with Crippen molar-refractivity contribution in [3.8, 4) is 11.3 Å². The molecule has 3 heteroatoms. The number of benzene rings is 6. The van der Waals surface area contributed by atoms with E-state index in [2.05, 4.69) is 114 Å². The van der Waals surface area contributed by atoms with Crippen LogP contribution in [-0.4, -0.2) is 15.8 Å². The molecule has 1 fully saturated rings. The predicted molar refractivity (Wildman–Crippen MR) is 161 cm³/mol. The van der Waals surface area contributed by atoms with Crippen LogP contribution in [0.2, 0.25) is 0 Å². The molecule has 1 aromatic heterocycles. The molecule has 1 heterocycles. The summed E-state index contributed by atoms with van der Waals surface area (Å²) in [5, 5.41) is 4.53. The molecule has 0 radical (unpaired) electrons. The van der Waals surface area contributed by atoms with Gasteiger partial charge in [0.25, 0.3) is 0 Å². The highest BCUT2D eigenvalue weighted by Gasteiger charge is 2.68. The van der Waals surface area contributed by atoms with Gasteiger partial charge in [-0.15, -0.1) is 0 Å². The molecule has 188 valence electrons. The van der Waals surface area contributed by atoms with Gasteiger partial charge in [0.1, 0.15) is 0 Å². The Morgan fingerprint density at radius 2 is 1.10 bits per heavy atom. The predicted octanol–water partition coefficient (Wildman–Crippen LogP) is 8.26. The van der Waals surface area contributed by atoms with Crippen LogP contribution in [0.25, 0.3) is 43.8 Å². The third-order valence-electron chi connectivity index (χ3n) is 8.42. The lowest BCUT2D eigenvalue weighted by Crippen LogP contribution is -2.15. The highest BCUT2D eigenvalue weighted by atomic mass is 16.1. The van der Waals surface area contributed by atoms with Crippen molar-refractivity contribution >= 4 is 38.4 Å². The maximum absolute atomic E-state index is 14.3. The van der Waals surface area contributed by atoms with E-state index in [9.17, 15) is 4.79 Å². The third-order valence-corrected chi connectivity index (χ3v) is 8.42. The van der Waals surface area contributed by atoms with Crippen LogP contribution < -0.4 is 0 Å². The quantitative estimate of drug-likeness (QED) is 0.238. The van der Waals surface area contributed by atoms with Crippen molar-refractivity contribution in [2.75, 3.05) is 0 Å². The fourth-order valence-electron chi connectivity index (χ4n) is 6.51. The monoisotopic (exact) mass is 512 g/mol. The Bertz CT molecular complexity index is 2000. The summed E-state index contributed by atoms with van der Waals surface area (Å²) in [6, 6.07) is 45.6. The number of Topliss-reactive ketones (excluding diaryl/α,β-unsaturated/α-hetero) is 1. The van der Waals surface area contributed by atoms with Crippen molar-refractivity contribution < 1.29 is 4.79 Å². The summed E-state index contributed by atoms with van der Waals surface area (Å²) in [4.78, 5) is 23.7. The molecule has 3 nitrogen and oxygen atoms in total. The number of aromatic nitrogens is 2. The lowest BCUT2D eigenvalue weighted by Gasteiger charge is -2.21. The minimum Gasteiger partial charge on any atom is -0.298 e. The number of hydrogen-bond acceptors (Lipinski definition) is 3. The van der Waals surface area contributed by atoms with E-state index in [1.54, 1.807) is 0 Å². The van der Waals surface area contributed by atoms with E-state index >= 15 is 0 Å². The lowest BCUT2D eigenvalue weighted by atomic mass is 9.79. The Labute approximate surface area is 231 Å². The van der Waals surface area contributed by atoms with Gasteiger partial charge in [-0.3, -0.25) is 9.78 Å². The van der Waals surface area contributed by atoms with Crippen LogP contribution in [0.1, 0.15) is 22.6 Å².